The molecule has 0 spiro atoms. The molecule has 2 N–H and O–H groups in total. The molecule has 31 heavy (non-hydrogen) atoms. The first-order valence-corrected chi connectivity index (χ1v) is 12.0. The van der Waals surface area contributed by atoms with Gasteiger partial charge in [-0.3, -0.25) is 9.59 Å². The zero-order valence-electron chi connectivity index (χ0n) is 18.4. The molecule has 0 unspecified atom stereocenters. The Hall–Kier alpha value is -2.41. The molecule has 2 aliphatic heterocycles. The van der Waals surface area contributed by atoms with Crippen molar-refractivity contribution in [3.8, 4) is 0 Å². The molecule has 5 rings (SSSR count). The van der Waals surface area contributed by atoms with Crippen molar-refractivity contribution in [1.29, 1.82) is 0 Å². The molecule has 164 valence electrons. The van der Waals surface area contributed by atoms with Crippen molar-refractivity contribution in [1.82, 2.24) is 14.8 Å². The third-order valence-electron chi connectivity index (χ3n) is 7.85. The van der Waals surface area contributed by atoms with Crippen LogP contribution in [-0.2, 0) is 11.2 Å². The van der Waals surface area contributed by atoms with E-state index in [1.165, 1.54) is 16.9 Å². The minimum absolute atomic E-state index is 0.00341. The minimum Gasteiger partial charge on any atom is -0.375 e. The normalized spacial score (nSPS) is 31.7. The van der Waals surface area contributed by atoms with Crippen LogP contribution in [0.3, 0.4) is 0 Å². The summed E-state index contributed by atoms with van der Waals surface area (Å²) < 4.78 is 0. The highest BCUT2D eigenvalue weighted by Crippen LogP contribution is 2.57. The number of thiazole rings is 1. The number of carbonyl (C=O) groups excluding carboxylic acids is 2. The number of fused-ring (bicyclic) bond motifs is 1. The molecule has 5 atom stereocenters. The summed E-state index contributed by atoms with van der Waals surface area (Å²) in [5.74, 6) is 0.157. The summed E-state index contributed by atoms with van der Waals surface area (Å²) in [7, 11) is 0. The number of piperidine rings is 1. The number of amides is 2. The topological polar surface area (TPSA) is 79.5 Å². The van der Waals surface area contributed by atoms with E-state index in [-0.39, 0.29) is 41.4 Å². The molecule has 6 nitrogen and oxygen atoms in total. The van der Waals surface area contributed by atoms with Crippen molar-refractivity contribution in [3.63, 3.8) is 0 Å². The van der Waals surface area contributed by atoms with E-state index in [4.69, 9.17) is 5.73 Å². The van der Waals surface area contributed by atoms with Crippen LogP contribution in [0, 0.1) is 12.3 Å². The van der Waals surface area contributed by atoms with Gasteiger partial charge in [0.05, 0.1) is 17.8 Å². The summed E-state index contributed by atoms with van der Waals surface area (Å²) in [4.78, 5) is 36.0. The molecule has 2 saturated heterocycles. The maximum absolute atomic E-state index is 13.9. The number of likely N-dealkylation sites (tertiary alicyclic amines) is 2. The number of hydrogen-bond acceptors (Lipinski definition) is 5. The van der Waals surface area contributed by atoms with E-state index >= 15 is 0 Å². The van der Waals surface area contributed by atoms with Crippen molar-refractivity contribution >= 4 is 28.3 Å². The van der Waals surface area contributed by atoms with Gasteiger partial charge in [-0.2, -0.15) is 0 Å². The van der Waals surface area contributed by atoms with Crippen LogP contribution in [-0.4, -0.2) is 50.8 Å². The SMILES string of the molecule is CC(=O)N1[C@H](Cc2ccccc2)[C@@H]2C[C@@]3(C)[C@H](CCC[C@@H]13)N2C(=O)c1sc(N)nc1C. The summed E-state index contributed by atoms with van der Waals surface area (Å²) in [6.07, 6.45) is 4.75. The van der Waals surface area contributed by atoms with E-state index in [1.807, 2.05) is 25.1 Å². The van der Waals surface area contributed by atoms with Crippen LogP contribution in [0.5, 0.6) is 0 Å². The number of aromatic nitrogens is 1. The Bertz CT molecular complexity index is 1020. The van der Waals surface area contributed by atoms with Gasteiger partial charge in [-0.25, -0.2) is 4.98 Å². The summed E-state index contributed by atoms with van der Waals surface area (Å²) in [6.45, 7) is 5.84. The molecule has 3 heterocycles. The second kappa shape index (κ2) is 7.33. The van der Waals surface area contributed by atoms with Gasteiger partial charge in [0, 0.05) is 24.4 Å². The number of nitrogens with two attached hydrogens (primary N) is 1. The number of hydrogen-bond donors (Lipinski definition) is 1. The Morgan fingerprint density at radius 1 is 1.19 bits per heavy atom. The molecular weight excluding hydrogens is 408 g/mol. The quantitative estimate of drug-likeness (QED) is 0.793. The van der Waals surface area contributed by atoms with Crippen molar-refractivity contribution in [3.05, 3.63) is 46.5 Å². The highest BCUT2D eigenvalue weighted by Gasteiger charge is 2.64. The third-order valence-corrected chi connectivity index (χ3v) is 8.82. The predicted molar refractivity (Wildman–Crippen MR) is 122 cm³/mol. The maximum atomic E-state index is 13.9. The van der Waals surface area contributed by atoms with Crippen LogP contribution >= 0.6 is 11.3 Å². The van der Waals surface area contributed by atoms with Gasteiger partial charge < -0.3 is 15.5 Å². The lowest BCUT2D eigenvalue weighted by Gasteiger charge is -2.52. The molecule has 1 saturated carbocycles. The maximum Gasteiger partial charge on any atom is 0.266 e. The zero-order chi connectivity index (χ0) is 21.9. The van der Waals surface area contributed by atoms with Crippen molar-refractivity contribution in [2.75, 3.05) is 5.73 Å². The first-order chi connectivity index (χ1) is 14.8. The number of nitrogens with zero attached hydrogens (tertiary/aromatic N) is 3. The molecule has 1 aromatic carbocycles. The lowest BCUT2D eigenvalue weighted by atomic mass is 9.64. The minimum atomic E-state index is -0.0679. The Morgan fingerprint density at radius 3 is 2.48 bits per heavy atom. The number of anilines is 1. The Morgan fingerprint density at radius 2 is 1.87 bits per heavy atom. The van der Waals surface area contributed by atoms with Crippen LogP contribution in [0.1, 0.15) is 60.5 Å². The second-order valence-corrected chi connectivity index (χ2v) is 10.6. The first-order valence-electron chi connectivity index (χ1n) is 11.2. The van der Waals surface area contributed by atoms with Gasteiger partial charge in [-0.15, -0.1) is 0 Å². The molecule has 3 fully saturated rings. The molecule has 2 amide bonds. The standard InChI is InChI=1S/C24H30N4O2S/c1-14-21(31-23(25)26-14)22(30)28-18-13-24(3)19(10-7-11-20(24)28)27(15(2)29)17(18)12-16-8-5-4-6-9-16/h4-6,8-9,17-20H,7,10-13H2,1-3H3,(H2,25,26)/t17-,18+,19-,20+,24-/m1/s1. The first kappa shape index (κ1) is 20.5. The van der Waals surface area contributed by atoms with Crippen LogP contribution in [0.4, 0.5) is 5.13 Å². The molecule has 1 aromatic heterocycles. The molecule has 2 bridgehead atoms. The van der Waals surface area contributed by atoms with Crippen LogP contribution in [0.25, 0.3) is 0 Å². The average molecular weight is 439 g/mol. The van der Waals surface area contributed by atoms with E-state index in [0.717, 1.165) is 32.1 Å². The lowest BCUT2D eigenvalue weighted by molar-refractivity contribution is -0.142. The monoisotopic (exact) mass is 438 g/mol. The van der Waals surface area contributed by atoms with E-state index in [2.05, 4.69) is 33.8 Å². The molecule has 2 aromatic rings. The van der Waals surface area contributed by atoms with Gasteiger partial charge in [-0.05, 0) is 44.6 Å². The van der Waals surface area contributed by atoms with Crippen molar-refractivity contribution in [2.45, 2.75) is 77.0 Å². The Kier molecular flexibility index (Phi) is 4.84. The molecule has 7 heteroatoms. The number of aryl methyl sites for hydroxylation is 1. The smallest absolute Gasteiger partial charge is 0.266 e. The predicted octanol–water partition coefficient (Wildman–Crippen LogP) is 3.65. The van der Waals surface area contributed by atoms with Gasteiger partial charge in [-0.1, -0.05) is 48.6 Å². The number of benzene rings is 1. The van der Waals surface area contributed by atoms with Gasteiger partial charge in [0.25, 0.3) is 5.91 Å². The fourth-order valence-corrected chi connectivity index (χ4v) is 7.44. The van der Waals surface area contributed by atoms with Gasteiger partial charge in [0.15, 0.2) is 5.13 Å². The van der Waals surface area contributed by atoms with Crippen LogP contribution in [0.2, 0.25) is 0 Å². The fourth-order valence-electron chi connectivity index (χ4n) is 6.66. The highest BCUT2D eigenvalue weighted by molar-refractivity contribution is 7.17. The highest BCUT2D eigenvalue weighted by atomic mass is 32.1. The Balaban J connectivity index is 1.60. The van der Waals surface area contributed by atoms with E-state index in [9.17, 15) is 9.59 Å². The molecular formula is C24H30N4O2S. The Labute approximate surface area is 187 Å². The average Bonchev–Trinajstić information content (AvgIpc) is 3.23. The van der Waals surface area contributed by atoms with E-state index in [1.54, 1.807) is 6.92 Å². The van der Waals surface area contributed by atoms with Gasteiger partial charge >= 0.3 is 0 Å². The van der Waals surface area contributed by atoms with E-state index < -0.39 is 0 Å². The van der Waals surface area contributed by atoms with E-state index in [0.29, 0.717) is 15.7 Å². The summed E-state index contributed by atoms with van der Waals surface area (Å²) in [6, 6.07) is 10.6. The molecule has 1 aliphatic carbocycles. The van der Waals surface area contributed by atoms with Gasteiger partial charge in [0.2, 0.25) is 5.91 Å². The number of carbonyl (C=O) groups is 2. The largest absolute Gasteiger partial charge is 0.375 e. The number of rotatable bonds is 3. The summed E-state index contributed by atoms with van der Waals surface area (Å²) >= 11 is 1.28. The third kappa shape index (κ3) is 3.08. The van der Waals surface area contributed by atoms with Crippen molar-refractivity contribution in [2.24, 2.45) is 5.41 Å². The number of nitrogen functional groups attached to an aromatic ring is 1. The fraction of sp³-hybridized carbons (Fsp3) is 0.542. The zero-order valence-corrected chi connectivity index (χ0v) is 19.2. The molecule has 0 radical (unpaired) electrons. The molecule has 3 aliphatic rings. The van der Waals surface area contributed by atoms with Crippen molar-refractivity contribution < 1.29 is 9.59 Å². The second-order valence-electron chi connectivity index (χ2n) is 9.60. The summed E-state index contributed by atoms with van der Waals surface area (Å²) in [5, 5.41) is 0.432. The van der Waals surface area contributed by atoms with Gasteiger partial charge in [0.1, 0.15) is 4.88 Å². The van der Waals surface area contributed by atoms with Crippen LogP contribution in [0.15, 0.2) is 30.3 Å². The summed E-state index contributed by atoms with van der Waals surface area (Å²) in [5.41, 5.74) is 7.76. The lowest BCUT2D eigenvalue weighted by Crippen LogP contribution is -2.62. The van der Waals surface area contributed by atoms with Crippen LogP contribution < -0.4 is 5.73 Å².